The zero-order chi connectivity index (χ0) is 18.6. The number of hydrogen-bond donors (Lipinski definition) is 2. The summed E-state index contributed by atoms with van der Waals surface area (Å²) in [5.41, 5.74) is 0.543. The monoisotopic (exact) mass is 334 g/mol. The van der Waals surface area contributed by atoms with Crippen molar-refractivity contribution in [3.63, 3.8) is 0 Å². The smallest absolute Gasteiger partial charge is 0.0910 e. The normalized spacial score (nSPS) is 36.3. The van der Waals surface area contributed by atoms with Gasteiger partial charge in [-0.05, 0) is 40.9 Å². The highest BCUT2D eigenvalue weighted by Gasteiger charge is 2.56. The molecule has 2 atom stereocenters. The first-order valence-corrected chi connectivity index (χ1v) is 9.91. The lowest BCUT2D eigenvalue weighted by Gasteiger charge is -2.62. The summed E-state index contributed by atoms with van der Waals surface area (Å²) in [6.07, 6.45) is 6.14. The fraction of sp³-hybridized carbons (Fsp3) is 0.909. The van der Waals surface area contributed by atoms with Gasteiger partial charge in [0.1, 0.15) is 0 Å². The molecule has 2 N–H and O–H groups in total. The summed E-state index contributed by atoms with van der Waals surface area (Å²) in [7, 11) is 0. The van der Waals surface area contributed by atoms with E-state index in [4.69, 9.17) is 0 Å². The molecule has 2 nitrogen and oxygen atoms in total. The third kappa shape index (κ3) is 3.60. The lowest BCUT2D eigenvalue weighted by molar-refractivity contribution is -0.0631. The lowest BCUT2D eigenvalue weighted by atomic mass is 9.57. The maximum atomic E-state index is 4.25. The minimum Gasteiger partial charge on any atom is -0.292 e. The Labute approximate surface area is 151 Å². The van der Waals surface area contributed by atoms with E-state index in [1.165, 1.54) is 19.3 Å². The topological polar surface area (TPSA) is 24.1 Å². The Morgan fingerprint density at radius 1 is 0.792 bits per heavy atom. The van der Waals surface area contributed by atoms with Gasteiger partial charge >= 0.3 is 0 Å². The molecule has 2 unspecified atom stereocenters. The summed E-state index contributed by atoms with van der Waals surface area (Å²) in [6.45, 7) is 25.8. The quantitative estimate of drug-likeness (QED) is 0.665. The molecule has 1 aliphatic carbocycles. The van der Waals surface area contributed by atoms with Gasteiger partial charge in [-0.1, -0.05) is 81.4 Å². The van der Waals surface area contributed by atoms with Crippen molar-refractivity contribution in [2.45, 2.75) is 99.3 Å². The third-order valence-corrected chi connectivity index (χ3v) is 6.44. The molecule has 1 aliphatic heterocycles. The Kier molecular flexibility index (Phi) is 5.10. The molecular formula is C22H42N2. The summed E-state index contributed by atoms with van der Waals surface area (Å²) >= 11 is 0. The Balaban J connectivity index is 2.53. The highest BCUT2D eigenvalue weighted by molar-refractivity contribution is 5.18. The SMILES string of the molecule is C=CC1(C2CCC2)NC(C(C)(C)C)C(C(C)(C)C)C(C(C)(C)C)N1. The molecule has 0 aromatic heterocycles. The van der Waals surface area contributed by atoms with Gasteiger partial charge in [0.2, 0.25) is 0 Å². The van der Waals surface area contributed by atoms with Crippen LogP contribution in [0.4, 0.5) is 0 Å². The average molecular weight is 335 g/mol. The maximum Gasteiger partial charge on any atom is 0.0910 e. The molecular weight excluding hydrogens is 292 g/mol. The van der Waals surface area contributed by atoms with Crippen molar-refractivity contribution < 1.29 is 0 Å². The van der Waals surface area contributed by atoms with Crippen molar-refractivity contribution in [2.24, 2.45) is 28.1 Å². The van der Waals surface area contributed by atoms with E-state index in [9.17, 15) is 0 Å². The van der Waals surface area contributed by atoms with Gasteiger partial charge in [0.25, 0.3) is 0 Å². The van der Waals surface area contributed by atoms with Crippen LogP contribution < -0.4 is 10.6 Å². The van der Waals surface area contributed by atoms with Crippen LogP contribution in [0.1, 0.15) is 81.6 Å². The summed E-state index contributed by atoms with van der Waals surface area (Å²) < 4.78 is 0. The summed E-state index contributed by atoms with van der Waals surface area (Å²) in [6, 6.07) is 0.920. The Morgan fingerprint density at radius 2 is 1.21 bits per heavy atom. The highest BCUT2D eigenvalue weighted by atomic mass is 15.3. The van der Waals surface area contributed by atoms with Crippen molar-refractivity contribution in [1.82, 2.24) is 10.6 Å². The van der Waals surface area contributed by atoms with Crippen molar-refractivity contribution in [3.8, 4) is 0 Å². The molecule has 2 fully saturated rings. The Hall–Kier alpha value is -0.340. The second-order valence-corrected chi connectivity index (χ2v) is 11.6. The molecule has 0 bridgehead atoms. The molecule has 0 spiro atoms. The minimum absolute atomic E-state index is 0.115. The summed E-state index contributed by atoms with van der Waals surface area (Å²) in [5.74, 6) is 1.23. The van der Waals surface area contributed by atoms with Crippen LogP contribution in [0.3, 0.4) is 0 Å². The van der Waals surface area contributed by atoms with E-state index in [1.807, 2.05) is 0 Å². The van der Waals surface area contributed by atoms with Crippen LogP contribution in [0.5, 0.6) is 0 Å². The van der Waals surface area contributed by atoms with Crippen LogP contribution in [0.15, 0.2) is 12.7 Å². The molecule has 2 rings (SSSR count). The largest absolute Gasteiger partial charge is 0.292 e. The first-order valence-electron chi connectivity index (χ1n) is 9.91. The molecule has 1 saturated heterocycles. The van der Waals surface area contributed by atoms with E-state index >= 15 is 0 Å². The lowest BCUT2D eigenvalue weighted by Crippen LogP contribution is -2.79. The standard InChI is InChI=1S/C22H42N2/c1-11-22(15-13-12-14-15)23-17(20(5,6)7)16(19(2,3)4)18(24-22)21(8,9)10/h11,15-18,23-24H,1,12-14H2,2-10H3. The van der Waals surface area contributed by atoms with Gasteiger partial charge in [-0.2, -0.15) is 0 Å². The zero-order valence-corrected chi connectivity index (χ0v) is 17.7. The van der Waals surface area contributed by atoms with Gasteiger partial charge in [-0.25, -0.2) is 0 Å². The van der Waals surface area contributed by atoms with Gasteiger partial charge in [0, 0.05) is 12.1 Å². The van der Waals surface area contributed by atoms with E-state index < -0.39 is 0 Å². The predicted molar refractivity (Wildman–Crippen MR) is 106 cm³/mol. The van der Waals surface area contributed by atoms with Gasteiger partial charge in [0.05, 0.1) is 5.66 Å². The molecule has 24 heavy (non-hydrogen) atoms. The fourth-order valence-electron chi connectivity index (χ4n) is 4.82. The number of rotatable bonds is 2. The van der Waals surface area contributed by atoms with Gasteiger partial charge < -0.3 is 0 Å². The first-order chi connectivity index (χ1) is 10.7. The van der Waals surface area contributed by atoms with Crippen molar-refractivity contribution >= 4 is 0 Å². The van der Waals surface area contributed by atoms with Crippen LogP contribution in [0.25, 0.3) is 0 Å². The second kappa shape index (κ2) is 6.13. The van der Waals surface area contributed by atoms with E-state index in [0.29, 0.717) is 23.9 Å². The van der Waals surface area contributed by atoms with Crippen LogP contribution in [0.2, 0.25) is 0 Å². The molecule has 1 saturated carbocycles. The van der Waals surface area contributed by atoms with E-state index in [2.05, 4.69) is 85.6 Å². The molecule has 2 heteroatoms. The molecule has 1 heterocycles. The Morgan fingerprint density at radius 3 is 1.42 bits per heavy atom. The van der Waals surface area contributed by atoms with Crippen LogP contribution in [0, 0.1) is 28.1 Å². The summed E-state index contributed by atoms with van der Waals surface area (Å²) in [4.78, 5) is 0. The van der Waals surface area contributed by atoms with E-state index in [0.717, 1.165) is 0 Å². The molecule has 2 aliphatic rings. The third-order valence-electron chi connectivity index (χ3n) is 6.44. The Bertz CT molecular complexity index is 430. The van der Waals surface area contributed by atoms with E-state index in [-0.39, 0.29) is 21.9 Å². The number of nitrogens with one attached hydrogen (secondary N) is 2. The van der Waals surface area contributed by atoms with Crippen molar-refractivity contribution in [2.75, 3.05) is 0 Å². The maximum absolute atomic E-state index is 4.25. The van der Waals surface area contributed by atoms with Gasteiger partial charge in [-0.3, -0.25) is 10.6 Å². The molecule has 0 radical (unpaired) electrons. The van der Waals surface area contributed by atoms with Crippen molar-refractivity contribution in [3.05, 3.63) is 12.7 Å². The minimum atomic E-state index is -0.115. The van der Waals surface area contributed by atoms with E-state index in [1.54, 1.807) is 0 Å². The molecule has 0 amide bonds. The zero-order valence-electron chi connectivity index (χ0n) is 17.7. The highest BCUT2D eigenvalue weighted by Crippen LogP contribution is 2.49. The predicted octanol–water partition coefficient (Wildman–Crippen LogP) is 5.35. The van der Waals surface area contributed by atoms with Crippen LogP contribution >= 0.6 is 0 Å². The van der Waals surface area contributed by atoms with Crippen LogP contribution in [-0.4, -0.2) is 17.7 Å². The summed E-state index contributed by atoms with van der Waals surface area (Å²) in [5, 5.41) is 8.18. The van der Waals surface area contributed by atoms with Crippen molar-refractivity contribution in [1.29, 1.82) is 0 Å². The fourth-order valence-corrected chi connectivity index (χ4v) is 4.82. The molecule has 140 valence electrons. The van der Waals surface area contributed by atoms with Gasteiger partial charge in [0.15, 0.2) is 0 Å². The van der Waals surface area contributed by atoms with Crippen LogP contribution in [-0.2, 0) is 0 Å². The molecule has 0 aromatic carbocycles. The number of hydrogen-bond acceptors (Lipinski definition) is 2. The second-order valence-electron chi connectivity index (χ2n) is 11.6. The molecule has 0 aromatic rings. The first kappa shape index (κ1) is 20.0. The average Bonchev–Trinajstić information content (AvgIpc) is 2.32. The van der Waals surface area contributed by atoms with Gasteiger partial charge in [-0.15, -0.1) is 0 Å².